The van der Waals surface area contributed by atoms with Crippen molar-refractivity contribution in [2.45, 2.75) is 19.2 Å². The van der Waals surface area contributed by atoms with Crippen LogP contribution in [0.2, 0.25) is 0 Å². The van der Waals surface area contributed by atoms with Gasteiger partial charge in [0.25, 0.3) is 0 Å². The lowest BCUT2D eigenvalue weighted by molar-refractivity contribution is -0.128. The van der Waals surface area contributed by atoms with Gasteiger partial charge in [-0.05, 0) is 29.8 Å². The molecule has 1 heterocycles. The molecule has 7 heteroatoms. The molecule has 0 N–H and O–H groups in total. The van der Waals surface area contributed by atoms with Crippen molar-refractivity contribution < 1.29 is 17.9 Å². The minimum Gasteiger partial charge on any atom is -0.489 e. The Bertz CT molecular complexity index is 827. The normalized spacial score (nSPS) is 11.5. The second-order valence-electron chi connectivity index (χ2n) is 5.57. The van der Waals surface area contributed by atoms with Crippen molar-refractivity contribution in [3.63, 3.8) is 0 Å². The number of aromatic nitrogens is 3. The predicted octanol–water partition coefficient (Wildman–Crippen LogP) is 4.17. The van der Waals surface area contributed by atoms with E-state index in [-0.39, 0.29) is 5.82 Å². The van der Waals surface area contributed by atoms with Gasteiger partial charge in [-0.3, -0.25) is 0 Å². The molecular weight excluding hydrogens is 331 g/mol. The van der Waals surface area contributed by atoms with Crippen molar-refractivity contribution in [2.75, 3.05) is 0 Å². The maximum Gasteiger partial charge on any atom is 0.396 e. The highest BCUT2D eigenvalue weighted by atomic mass is 19.4. The molecule has 2 aromatic carbocycles. The average molecular weight is 347 g/mol. The lowest BCUT2D eigenvalue weighted by atomic mass is 10.2. The molecule has 0 bridgehead atoms. The van der Waals surface area contributed by atoms with Gasteiger partial charge in [-0.25, -0.2) is 9.67 Å². The van der Waals surface area contributed by atoms with Gasteiger partial charge < -0.3 is 4.74 Å². The van der Waals surface area contributed by atoms with Crippen LogP contribution in [0, 0.1) is 0 Å². The Labute approximate surface area is 142 Å². The van der Waals surface area contributed by atoms with E-state index in [1.54, 1.807) is 31.3 Å². The average Bonchev–Trinajstić information content (AvgIpc) is 2.93. The second kappa shape index (κ2) is 6.96. The number of aryl methyl sites for hydroxylation is 1. The van der Waals surface area contributed by atoms with Crippen LogP contribution in [0.4, 0.5) is 13.2 Å². The quantitative estimate of drug-likeness (QED) is 0.696. The Balaban J connectivity index is 1.70. The zero-order chi connectivity index (χ0) is 17.9. The number of rotatable bonds is 5. The predicted molar refractivity (Wildman–Crippen MR) is 87.0 cm³/mol. The molecule has 0 atom stereocenters. The molecule has 0 aliphatic rings. The van der Waals surface area contributed by atoms with Crippen LogP contribution in [0.1, 0.15) is 11.4 Å². The zero-order valence-electron chi connectivity index (χ0n) is 13.5. The van der Waals surface area contributed by atoms with Crippen LogP contribution >= 0.6 is 0 Å². The molecule has 25 heavy (non-hydrogen) atoms. The number of benzene rings is 2. The number of hydrogen-bond donors (Lipinski definition) is 0. The molecule has 0 saturated carbocycles. The van der Waals surface area contributed by atoms with E-state index in [0.29, 0.717) is 23.7 Å². The third kappa shape index (κ3) is 4.59. The Morgan fingerprint density at radius 1 is 1.00 bits per heavy atom. The number of ether oxygens (including phenoxy) is 1. The van der Waals surface area contributed by atoms with E-state index < -0.39 is 12.6 Å². The minimum atomic E-state index is -4.33. The maximum absolute atomic E-state index is 12.5. The summed E-state index contributed by atoms with van der Waals surface area (Å²) in [5.74, 6) is 0.813. The first-order valence-electron chi connectivity index (χ1n) is 7.64. The van der Waals surface area contributed by atoms with Crippen LogP contribution < -0.4 is 4.74 Å². The fourth-order valence-electron chi connectivity index (χ4n) is 2.38. The first kappa shape index (κ1) is 17.0. The van der Waals surface area contributed by atoms with Gasteiger partial charge in [0.15, 0.2) is 11.6 Å². The number of alkyl halides is 3. The van der Waals surface area contributed by atoms with Gasteiger partial charge in [0.2, 0.25) is 0 Å². The van der Waals surface area contributed by atoms with Crippen molar-refractivity contribution in [3.05, 3.63) is 66.0 Å². The summed E-state index contributed by atoms with van der Waals surface area (Å²) in [5, 5.41) is 3.83. The summed E-state index contributed by atoms with van der Waals surface area (Å²) < 4.78 is 44.4. The summed E-state index contributed by atoms with van der Waals surface area (Å²) >= 11 is 0. The number of halogens is 3. The summed E-state index contributed by atoms with van der Waals surface area (Å²) in [6.45, 7) is 0.444. The molecule has 0 spiro atoms. The molecule has 4 nitrogen and oxygen atoms in total. The Morgan fingerprint density at radius 3 is 2.32 bits per heavy atom. The van der Waals surface area contributed by atoms with E-state index in [4.69, 9.17) is 4.74 Å². The molecule has 0 radical (unpaired) electrons. The van der Waals surface area contributed by atoms with Crippen LogP contribution in [0.3, 0.4) is 0 Å². The first-order valence-corrected chi connectivity index (χ1v) is 7.64. The Hall–Kier alpha value is -2.83. The first-order chi connectivity index (χ1) is 11.9. The van der Waals surface area contributed by atoms with Crippen LogP contribution in [-0.2, 0) is 20.1 Å². The summed E-state index contributed by atoms with van der Waals surface area (Å²) in [7, 11) is 1.57. The minimum absolute atomic E-state index is 0.241. The largest absolute Gasteiger partial charge is 0.489 e. The van der Waals surface area contributed by atoms with Gasteiger partial charge >= 0.3 is 6.18 Å². The standard InChI is InChI=1S/C18H16F3N3O/c1-24-17(22-16(23-24)11-18(19,20)21)14-7-9-15(10-8-14)25-12-13-5-3-2-4-6-13/h2-10H,11-12H2,1H3. The molecule has 0 fully saturated rings. The van der Waals surface area contributed by atoms with Crippen LogP contribution in [0.15, 0.2) is 54.6 Å². The monoisotopic (exact) mass is 347 g/mol. The molecule has 0 aliphatic carbocycles. The fourth-order valence-corrected chi connectivity index (χ4v) is 2.38. The molecule has 130 valence electrons. The number of hydrogen-bond acceptors (Lipinski definition) is 3. The third-order valence-electron chi connectivity index (χ3n) is 3.53. The Morgan fingerprint density at radius 2 is 1.68 bits per heavy atom. The van der Waals surface area contributed by atoms with Crippen molar-refractivity contribution in [1.82, 2.24) is 14.8 Å². The van der Waals surface area contributed by atoms with Crippen LogP contribution in [0.5, 0.6) is 5.75 Å². The molecule has 0 amide bonds. The third-order valence-corrected chi connectivity index (χ3v) is 3.53. The maximum atomic E-state index is 12.5. The van der Waals surface area contributed by atoms with Crippen molar-refractivity contribution in [1.29, 1.82) is 0 Å². The SMILES string of the molecule is Cn1nc(CC(F)(F)F)nc1-c1ccc(OCc2ccccc2)cc1. The van der Waals surface area contributed by atoms with Gasteiger partial charge in [-0.2, -0.15) is 18.3 Å². The molecule has 1 aromatic heterocycles. The van der Waals surface area contributed by atoms with E-state index in [0.717, 1.165) is 5.56 Å². The molecule has 3 rings (SSSR count). The molecule has 0 saturated heterocycles. The highest BCUT2D eigenvalue weighted by Gasteiger charge is 2.30. The van der Waals surface area contributed by atoms with Gasteiger partial charge in [0.1, 0.15) is 18.8 Å². The summed E-state index contributed by atoms with van der Waals surface area (Å²) in [6.07, 6.45) is -5.47. The van der Waals surface area contributed by atoms with Gasteiger partial charge in [-0.15, -0.1) is 0 Å². The Kier molecular flexibility index (Phi) is 4.74. The fraction of sp³-hybridized carbons (Fsp3) is 0.222. The smallest absolute Gasteiger partial charge is 0.396 e. The van der Waals surface area contributed by atoms with Crippen molar-refractivity contribution >= 4 is 0 Å². The van der Waals surface area contributed by atoms with Gasteiger partial charge in [0, 0.05) is 12.6 Å². The molecule has 3 aromatic rings. The topological polar surface area (TPSA) is 39.9 Å². The lowest BCUT2D eigenvalue weighted by Crippen LogP contribution is -2.12. The van der Waals surface area contributed by atoms with Crippen LogP contribution in [-0.4, -0.2) is 20.9 Å². The molecule has 0 aliphatic heterocycles. The van der Waals surface area contributed by atoms with E-state index in [1.165, 1.54) is 4.68 Å². The molecular formula is C18H16F3N3O. The number of nitrogens with zero attached hydrogens (tertiary/aromatic N) is 3. The van der Waals surface area contributed by atoms with E-state index in [2.05, 4.69) is 10.1 Å². The van der Waals surface area contributed by atoms with Gasteiger partial charge in [-0.1, -0.05) is 30.3 Å². The zero-order valence-corrected chi connectivity index (χ0v) is 13.5. The lowest BCUT2D eigenvalue weighted by Gasteiger charge is -2.07. The van der Waals surface area contributed by atoms with Gasteiger partial charge in [0.05, 0.1) is 0 Å². The van der Waals surface area contributed by atoms with E-state index in [9.17, 15) is 13.2 Å². The highest BCUT2D eigenvalue weighted by molar-refractivity contribution is 5.56. The van der Waals surface area contributed by atoms with Crippen molar-refractivity contribution in [3.8, 4) is 17.1 Å². The summed E-state index contributed by atoms with van der Waals surface area (Å²) in [5.41, 5.74) is 1.73. The second-order valence-corrected chi connectivity index (χ2v) is 5.57. The summed E-state index contributed by atoms with van der Waals surface area (Å²) in [6, 6.07) is 16.8. The van der Waals surface area contributed by atoms with Crippen LogP contribution in [0.25, 0.3) is 11.4 Å². The molecule has 0 unspecified atom stereocenters. The highest BCUT2D eigenvalue weighted by Crippen LogP contribution is 2.24. The van der Waals surface area contributed by atoms with E-state index in [1.807, 2.05) is 30.3 Å². The summed E-state index contributed by atoms with van der Waals surface area (Å²) in [4.78, 5) is 3.98. The van der Waals surface area contributed by atoms with Crippen molar-refractivity contribution in [2.24, 2.45) is 7.05 Å². The van der Waals surface area contributed by atoms with E-state index >= 15 is 0 Å².